The number of amides is 1. The van der Waals surface area contributed by atoms with Crippen LogP contribution in [0.1, 0.15) is 37.8 Å². The molecule has 9 nitrogen and oxygen atoms in total. The van der Waals surface area contributed by atoms with Gasteiger partial charge in [0.05, 0.1) is 30.6 Å². The Morgan fingerprint density at radius 1 is 1.18 bits per heavy atom. The summed E-state index contributed by atoms with van der Waals surface area (Å²) in [6.45, 7) is 7.60. The molecule has 4 heterocycles. The number of benzene rings is 1. The van der Waals surface area contributed by atoms with E-state index < -0.39 is 17.7 Å². The number of nitrogens with zero attached hydrogens (tertiary/aromatic N) is 4. The molecule has 0 aliphatic carbocycles. The van der Waals surface area contributed by atoms with E-state index in [4.69, 9.17) is 15.5 Å². The van der Waals surface area contributed by atoms with Gasteiger partial charge in [-0.15, -0.1) is 0 Å². The summed E-state index contributed by atoms with van der Waals surface area (Å²) in [6.07, 6.45) is 6.91. The number of aryl methyl sites for hydroxylation is 1. The zero-order valence-corrected chi connectivity index (χ0v) is 23.4. The Bertz CT molecular complexity index is 1440. The maximum Gasteiger partial charge on any atom is 0.240 e. The summed E-state index contributed by atoms with van der Waals surface area (Å²) in [5, 5.41) is 17.6. The average Bonchev–Trinajstić information content (AvgIpc) is 3.33. The van der Waals surface area contributed by atoms with Crippen LogP contribution in [0.15, 0.2) is 67.1 Å². The minimum absolute atomic E-state index is 0.322. The number of aliphatic hydroxyl groups excluding tert-OH is 1. The minimum Gasteiger partial charge on any atom is -0.492 e. The average molecular weight is 543 g/mol. The van der Waals surface area contributed by atoms with Crippen LogP contribution in [0.3, 0.4) is 0 Å². The van der Waals surface area contributed by atoms with E-state index in [1.165, 1.54) is 0 Å². The van der Waals surface area contributed by atoms with Crippen molar-refractivity contribution in [3.05, 3.63) is 78.2 Å². The fourth-order valence-corrected chi connectivity index (χ4v) is 5.51. The standard InChI is InChI=1S/C31H38N6O3/c1-4-40-25-16-26(29-21(2)18-34-37(29)20-25)24-10-11-27(33-19-24)36-14-12-31(13-15-36,17-23-8-6-5-7-9-23)35-30(39)28(32)22(3)38/h5-11,16,18-20,22,28,38H,4,12-15,17,32H2,1-3H3,(H,35,39)/t22-,28+/m1/s1. The number of carbonyl (C=O) groups is 1. The summed E-state index contributed by atoms with van der Waals surface area (Å²) in [7, 11) is 0. The summed E-state index contributed by atoms with van der Waals surface area (Å²) in [5.41, 5.74) is 10.8. The second-order valence-corrected chi connectivity index (χ2v) is 10.7. The molecule has 1 fully saturated rings. The Labute approximate surface area is 235 Å². The van der Waals surface area contributed by atoms with Crippen LogP contribution >= 0.6 is 0 Å². The predicted octanol–water partition coefficient (Wildman–Crippen LogP) is 3.51. The van der Waals surface area contributed by atoms with Crippen molar-refractivity contribution in [2.75, 3.05) is 24.6 Å². The molecule has 2 atom stereocenters. The van der Waals surface area contributed by atoms with E-state index in [1.807, 2.05) is 54.3 Å². The summed E-state index contributed by atoms with van der Waals surface area (Å²) in [4.78, 5) is 20.0. The van der Waals surface area contributed by atoms with Crippen LogP contribution in [0, 0.1) is 6.92 Å². The van der Waals surface area contributed by atoms with Gasteiger partial charge < -0.3 is 25.8 Å². The molecule has 1 aliphatic heterocycles. The molecule has 0 unspecified atom stereocenters. The molecule has 210 valence electrons. The zero-order chi connectivity index (χ0) is 28.3. The van der Waals surface area contributed by atoms with Crippen molar-refractivity contribution in [2.24, 2.45) is 5.73 Å². The number of pyridine rings is 2. The number of aromatic nitrogens is 3. The molecule has 1 aromatic carbocycles. The SMILES string of the molecule is CCOc1cc(-c2ccc(N3CCC(Cc4ccccc4)(NC(=O)[C@@H](N)[C@@H](C)O)CC3)nc2)c2c(C)cnn2c1. The van der Waals surface area contributed by atoms with Crippen molar-refractivity contribution < 1.29 is 14.6 Å². The Hall–Kier alpha value is -3.95. The first-order valence-corrected chi connectivity index (χ1v) is 13.9. The lowest BCUT2D eigenvalue weighted by molar-refractivity contribution is -0.126. The highest BCUT2D eigenvalue weighted by Crippen LogP contribution is 2.33. The highest BCUT2D eigenvalue weighted by Gasteiger charge is 2.38. The van der Waals surface area contributed by atoms with Crippen molar-refractivity contribution in [1.82, 2.24) is 19.9 Å². The normalized spacial score (nSPS) is 16.5. The summed E-state index contributed by atoms with van der Waals surface area (Å²) in [5.74, 6) is 1.34. The Balaban J connectivity index is 1.35. The number of rotatable bonds is 9. The zero-order valence-electron chi connectivity index (χ0n) is 23.4. The van der Waals surface area contributed by atoms with E-state index in [1.54, 1.807) is 6.92 Å². The van der Waals surface area contributed by atoms with Crippen molar-refractivity contribution in [3.8, 4) is 16.9 Å². The van der Waals surface area contributed by atoms with Crippen LogP contribution in [0.2, 0.25) is 0 Å². The van der Waals surface area contributed by atoms with Crippen LogP contribution in [-0.4, -0.2) is 63.0 Å². The van der Waals surface area contributed by atoms with Gasteiger partial charge in [0.25, 0.3) is 0 Å². The van der Waals surface area contributed by atoms with Crippen molar-refractivity contribution in [3.63, 3.8) is 0 Å². The number of nitrogens with one attached hydrogen (secondary N) is 1. The first-order valence-electron chi connectivity index (χ1n) is 13.9. The van der Waals surface area contributed by atoms with Gasteiger partial charge in [-0.25, -0.2) is 9.50 Å². The largest absolute Gasteiger partial charge is 0.492 e. The van der Waals surface area contributed by atoms with Gasteiger partial charge in [-0.05, 0) is 69.4 Å². The third kappa shape index (κ3) is 5.80. The first kappa shape index (κ1) is 27.6. The number of hydrogen-bond acceptors (Lipinski definition) is 7. The fraction of sp³-hybridized carbons (Fsp3) is 0.387. The quantitative estimate of drug-likeness (QED) is 0.296. The monoisotopic (exact) mass is 542 g/mol. The summed E-state index contributed by atoms with van der Waals surface area (Å²) >= 11 is 0. The maximum atomic E-state index is 12.9. The number of hydrogen-bond donors (Lipinski definition) is 3. The van der Waals surface area contributed by atoms with E-state index in [0.29, 0.717) is 13.0 Å². The second kappa shape index (κ2) is 11.7. The van der Waals surface area contributed by atoms with E-state index in [2.05, 4.69) is 46.5 Å². The topological polar surface area (TPSA) is 118 Å². The second-order valence-electron chi connectivity index (χ2n) is 10.7. The third-order valence-electron chi connectivity index (χ3n) is 7.78. The molecule has 5 rings (SSSR count). The van der Waals surface area contributed by atoms with Gasteiger partial charge in [-0.3, -0.25) is 4.79 Å². The van der Waals surface area contributed by atoms with E-state index in [-0.39, 0.29) is 5.91 Å². The van der Waals surface area contributed by atoms with Crippen molar-refractivity contribution in [1.29, 1.82) is 0 Å². The molecule has 1 saturated heterocycles. The molecule has 40 heavy (non-hydrogen) atoms. The number of nitrogens with two attached hydrogens (primary N) is 1. The van der Waals surface area contributed by atoms with Crippen molar-refractivity contribution >= 4 is 17.2 Å². The molecular formula is C31H38N6O3. The van der Waals surface area contributed by atoms with Crippen LogP contribution in [0.25, 0.3) is 16.6 Å². The van der Waals surface area contributed by atoms with Crippen LogP contribution in [0.5, 0.6) is 5.75 Å². The van der Waals surface area contributed by atoms with Crippen LogP contribution < -0.4 is 20.7 Å². The Morgan fingerprint density at radius 2 is 1.93 bits per heavy atom. The number of anilines is 1. The highest BCUT2D eigenvalue weighted by molar-refractivity contribution is 5.84. The maximum absolute atomic E-state index is 12.9. The van der Waals surface area contributed by atoms with Crippen LogP contribution in [0.4, 0.5) is 5.82 Å². The molecule has 0 spiro atoms. The lowest BCUT2D eigenvalue weighted by Gasteiger charge is -2.43. The molecule has 0 bridgehead atoms. The predicted molar refractivity (Wildman–Crippen MR) is 156 cm³/mol. The van der Waals surface area contributed by atoms with E-state index in [9.17, 15) is 9.90 Å². The lowest BCUT2D eigenvalue weighted by atomic mass is 9.81. The fourth-order valence-electron chi connectivity index (χ4n) is 5.51. The van der Waals surface area contributed by atoms with Gasteiger partial charge in [0, 0.05) is 36.0 Å². The molecule has 1 amide bonds. The Morgan fingerprint density at radius 3 is 2.58 bits per heavy atom. The molecule has 3 aromatic heterocycles. The number of fused-ring (bicyclic) bond motifs is 1. The molecule has 4 N–H and O–H groups in total. The number of ether oxygens (including phenoxy) is 1. The highest BCUT2D eigenvalue weighted by atomic mass is 16.5. The third-order valence-corrected chi connectivity index (χ3v) is 7.78. The van der Waals surface area contributed by atoms with Crippen molar-refractivity contribution in [2.45, 2.75) is 57.7 Å². The molecule has 0 saturated carbocycles. The number of aliphatic hydroxyl groups is 1. The minimum atomic E-state index is -0.966. The van der Waals surface area contributed by atoms with Gasteiger partial charge in [-0.2, -0.15) is 5.10 Å². The van der Waals surface area contributed by atoms with E-state index >= 15 is 0 Å². The van der Waals surface area contributed by atoms with E-state index in [0.717, 1.165) is 65.3 Å². The number of piperidine rings is 1. The lowest BCUT2D eigenvalue weighted by Crippen LogP contribution is -2.61. The Kier molecular flexibility index (Phi) is 8.04. The molecule has 0 radical (unpaired) electrons. The summed E-state index contributed by atoms with van der Waals surface area (Å²) < 4.78 is 7.64. The first-order chi connectivity index (χ1) is 19.3. The van der Waals surface area contributed by atoms with Gasteiger partial charge in [0.1, 0.15) is 17.6 Å². The van der Waals surface area contributed by atoms with Gasteiger partial charge in [-0.1, -0.05) is 30.3 Å². The van der Waals surface area contributed by atoms with Gasteiger partial charge >= 0.3 is 0 Å². The summed E-state index contributed by atoms with van der Waals surface area (Å²) in [6, 6.07) is 15.4. The van der Waals surface area contributed by atoms with Crippen LogP contribution in [-0.2, 0) is 11.2 Å². The molecule has 9 heteroatoms. The number of carbonyl (C=O) groups excluding carboxylic acids is 1. The molecule has 4 aromatic rings. The molecule has 1 aliphatic rings. The molecular weight excluding hydrogens is 504 g/mol. The van der Waals surface area contributed by atoms with Gasteiger partial charge in [0.15, 0.2) is 0 Å². The smallest absolute Gasteiger partial charge is 0.240 e. The van der Waals surface area contributed by atoms with Gasteiger partial charge in [0.2, 0.25) is 5.91 Å².